The summed E-state index contributed by atoms with van der Waals surface area (Å²) in [6, 6.07) is 0.489. The Morgan fingerprint density at radius 2 is 2.29 bits per heavy atom. The van der Waals surface area contributed by atoms with E-state index in [1.165, 1.54) is 12.8 Å². The number of rotatable bonds is 6. The normalized spacial score (nSPS) is 20.9. The van der Waals surface area contributed by atoms with Crippen molar-refractivity contribution in [3.05, 3.63) is 0 Å². The van der Waals surface area contributed by atoms with Crippen LogP contribution in [0.15, 0.2) is 0 Å². The number of nitrogens with one attached hydrogen (secondary N) is 1. The Balaban J connectivity index is 2.43. The molecule has 1 aliphatic rings. The van der Waals surface area contributed by atoms with Gasteiger partial charge in [-0.2, -0.15) is 0 Å². The molecule has 1 unspecified atom stereocenters. The quantitative estimate of drug-likeness (QED) is 0.715. The van der Waals surface area contributed by atoms with Crippen LogP contribution in [0.4, 0.5) is 0 Å². The van der Waals surface area contributed by atoms with E-state index in [1.54, 1.807) is 0 Å². The van der Waals surface area contributed by atoms with E-state index in [0.29, 0.717) is 12.6 Å². The van der Waals surface area contributed by atoms with Crippen molar-refractivity contribution in [3.63, 3.8) is 0 Å². The molecule has 0 amide bonds. The van der Waals surface area contributed by atoms with Gasteiger partial charge in [0.15, 0.2) is 0 Å². The van der Waals surface area contributed by atoms with E-state index in [1.807, 2.05) is 13.8 Å². The van der Waals surface area contributed by atoms with E-state index in [4.69, 9.17) is 4.74 Å². The van der Waals surface area contributed by atoms with Crippen molar-refractivity contribution in [1.82, 2.24) is 10.2 Å². The second-order valence-corrected chi connectivity index (χ2v) is 5.01. The van der Waals surface area contributed by atoms with Gasteiger partial charge in [0.25, 0.3) is 0 Å². The van der Waals surface area contributed by atoms with Gasteiger partial charge in [-0.05, 0) is 46.2 Å². The predicted molar refractivity (Wildman–Crippen MR) is 69.0 cm³/mol. The third-order valence-corrected chi connectivity index (χ3v) is 3.00. The van der Waals surface area contributed by atoms with Crippen LogP contribution in [0.2, 0.25) is 0 Å². The summed E-state index contributed by atoms with van der Waals surface area (Å²) in [4.78, 5) is 14.0. The Kier molecular flexibility index (Phi) is 6.52. The first-order valence-corrected chi connectivity index (χ1v) is 6.77. The minimum absolute atomic E-state index is 0.0181. The summed E-state index contributed by atoms with van der Waals surface area (Å²) in [5.41, 5.74) is 0. The molecule has 4 heteroatoms. The van der Waals surface area contributed by atoms with Crippen LogP contribution in [-0.2, 0) is 9.53 Å². The molecule has 0 spiro atoms. The van der Waals surface area contributed by atoms with E-state index in [0.717, 1.165) is 26.1 Å². The van der Waals surface area contributed by atoms with Crippen molar-refractivity contribution in [3.8, 4) is 0 Å². The van der Waals surface area contributed by atoms with Crippen molar-refractivity contribution in [2.75, 3.05) is 26.2 Å². The van der Waals surface area contributed by atoms with Crippen LogP contribution in [0.1, 0.15) is 40.0 Å². The van der Waals surface area contributed by atoms with E-state index in [9.17, 15) is 4.79 Å². The van der Waals surface area contributed by atoms with Crippen LogP contribution in [0.5, 0.6) is 0 Å². The molecule has 0 radical (unpaired) electrons. The van der Waals surface area contributed by atoms with Gasteiger partial charge in [0, 0.05) is 12.6 Å². The fraction of sp³-hybridized carbons (Fsp3) is 0.923. The monoisotopic (exact) mass is 242 g/mol. The van der Waals surface area contributed by atoms with Crippen molar-refractivity contribution in [2.24, 2.45) is 0 Å². The van der Waals surface area contributed by atoms with Gasteiger partial charge in [0.1, 0.15) is 0 Å². The minimum Gasteiger partial charge on any atom is -0.462 e. The second kappa shape index (κ2) is 7.67. The Bertz CT molecular complexity index is 225. The van der Waals surface area contributed by atoms with Gasteiger partial charge in [-0.3, -0.25) is 9.69 Å². The van der Waals surface area contributed by atoms with Gasteiger partial charge in [-0.25, -0.2) is 0 Å². The fourth-order valence-electron chi connectivity index (χ4n) is 2.29. The van der Waals surface area contributed by atoms with Gasteiger partial charge < -0.3 is 10.1 Å². The Hall–Kier alpha value is -0.610. The lowest BCUT2D eigenvalue weighted by Crippen LogP contribution is -2.48. The molecule has 1 rings (SSSR count). The highest BCUT2D eigenvalue weighted by Gasteiger charge is 2.22. The summed E-state index contributed by atoms with van der Waals surface area (Å²) in [7, 11) is 0. The number of hydrogen-bond donors (Lipinski definition) is 1. The largest absolute Gasteiger partial charge is 0.462 e. The fourth-order valence-corrected chi connectivity index (χ4v) is 2.29. The number of carbonyl (C=O) groups excluding carboxylic acids is 1. The number of carbonyl (C=O) groups is 1. The molecule has 17 heavy (non-hydrogen) atoms. The maximum Gasteiger partial charge on any atom is 0.320 e. The molecule has 1 aliphatic heterocycles. The molecule has 1 atom stereocenters. The molecule has 100 valence electrons. The summed E-state index contributed by atoms with van der Waals surface area (Å²) in [6.45, 7) is 9.44. The van der Waals surface area contributed by atoms with Crippen LogP contribution < -0.4 is 5.32 Å². The topological polar surface area (TPSA) is 41.6 Å². The third kappa shape index (κ3) is 5.50. The SMILES string of the molecule is CCCN(CC(=O)OC(C)C)C1CCCNC1. The molecular formula is C13H26N2O2. The van der Waals surface area contributed by atoms with Crippen LogP contribution in [0.3, 0.4) is 0 Å². The Morgan fingerprint density at radius 1 is 1.53 bits per heavy atom. The minimum atomic E-state index is -0.0981. The molecule has 1 saturated heterocycles. The highest BCUT2D eigenvalue weighted by molar-refractivity contribution is 5.71. The lowest BCUT2D eigenvalue weighted by molar-refractivity contribution is -0.149. The van der Waals surface area contributed by atoms with E-state index in [2.05, 4.69) is 17.1 Å². The standard InChI is InChI=1S/C13H26N2O2/c1-4-8-15(10-13(16)17-11(2)3)12-6-5-7-14-9-12/h11-12,14H,4-10H2,1-3H3. The summed E-state index contributed by atoms with van der Waals surface area (Å²) in [5, 5.41) is 3.39. The van der Waals surface area contributed by atoms with Crippen molar-refractivity contribution < 1.29 is 9.53 Å². The first-order chi connectivity index (χ1) is 8.13. The molecule has 0 bridgehead atoms. The molecule has 0 saturated carbocycles. The highest BCUT2D eigenvalue weighted by Crippen LogP contribution is 2.11. The lowest BCUT2D eigenvalue weighted by atomic mass is 10.1. The Labute approximate surface area is 105 Å². The molecule has 1 fully saturated rings. The average Bonchev–Trinajstić information content (AvgIpc) is 2.28. The highest BCUT2D eigenvalue weighted by atomic mass is 16.5. The molecular weight excluding hydrogens is 216 g/mol. The van der Waals surface area contributed by atoms with Gasteiger partial charge in [0.05, 0.1) is 12.6 Å². The van der Waals surface area contributed by atoms with Crippen molar-refractivity contribution >= 4 is 5.97 Å². The number of esters is 1. The molecule has 4 nitrogen and oxygen atoms in total. The van der Waals surface area contributed by atoms with Gasteiger partial charge >= 0.3 is 5.97 Å². The summed E-state index contributed by atoms with van der Waals surface area (Å²) in [6.07, 6.45) is 3.44. The molecule has 1 N–H and O–H groups in total. The smallest absolute Gasteiger partial charge is 0.320 e. The zero-order valence-electron chi connectivity index (χ0n) is 11.4. The van der Waals surface area contributed by atoms with Crippen LogP contribution in [-0.4, -0.2) is 49.2 Å². The first kappa shape index (κ1) is 14.5. The van der Waals surface area contributed by atoms with Crippen LogP contribution in [0.25, 0.3) is 0 Å². The summed E-state index contributed by atoms with van der Waals surface area (Å²) < 4.78 is 5.22. The average molecular weight is 242 g/mol. The molecule has 0 aromatic heterocycles. The van der Waals surface area contributed by atoms with Crippen molar-refractivity contribution in [1.29, 1.82) is 0 Å². The Morgan fingerprint density at radius 3 is 2.82 bits per heavy atom. The molecule has 0 aromatic carbocycles. The number of hydrogen-bond acceptors (Lipinski definition) is 4. The van der Waals surface area contributed by atoms with E-state index in [-0.39, 0.29) is 12.1 Å². The summed E-state index contributed by atoms with van der Waals surface area (Å²) in [5.74, 6) is -0.0981. The number of ether oxygens (including phenoxy) is 1. The lowest BCUT2D eigenvalue weighted by Gasteiger charge is -2.33. The van der Waals surface area contributed by atoms with Crippen LogP contribution in [0, 0.1) is 0 Å². The van der Waals surface area contributed by atoms with Crippen LogP contribution >= 0.6 is 0 Å². The van der Waals surface area contributed by atoms with Crippen molar-refractivity contribution in [2.45, 2.75) is 52.2 Å². The zero-order chi connectivity index (χ0) is 12.7. The van der Waals surface area contributed by atoms with E-state index < -0.39 is 0 Å². The summed E-state index contributed by atoms with van der Waals surface area (Å²) >= 11 is 0. The predicted octanol–water partition coefficient (Wildman–Crippen LogP) is 1.40. The van der Waals surface area contributed by atoms with E-state index >= 15 is 0 Å². The second-order valence-electron chi connectivity index (χ2n) is 5.01. The number of piperidine rings is 1. The molecule has 1 heterocycles. The third-order valence-electron chi connectivity index (χ3n) is 3.00. The van der Waals surface area contributed by atoms with Gasteiger partial charge in [-0.15, -0.1) is 0 Å². The molecule has 0 aromatic rings. The maximum absolute atomic E-state index is 11.7. The first-order valence-electron chi connectivity index (χ1n) is 6.77. The maximum atomic E-state index is 11.7. The zero-order valence-corrected chi connectivity index (χ0v) is 11.4. The molecule has 0 aliphatic carbocycles. The van der Waals surface area contributed by atoms with Gasteiger partial charge in [-0.1, -0.05) is 6.92 Å². The van der Waals surface area contributed by atoms with Gasteiger partial charge in [0.2, 0.25) is 0 Å². The number of nitrogens with zero attached hydrogens (tertiary/aromatic N) is 1.